The van der Waals surface area contributed by atoms with Gasteiger partial charge in [0.15, 0.2) is 30.1 Å². The quantitative estimate of drug-likeness (QED) is 0.784. The van der Waals surface area contributed by atoms with Gasteiger partial charge in [0.25, 0.3) is 0 Å². The van der Waals surface area contributed by atoms with E-state index >= 15 is 0 Å². The molecule has 0 aromatic heterocycles. The molecule has 0 radical (unpaired) electrons. The van der Waals surface area contributed by atoms with Crippen molar-refractivity contribution in [3.8, 4) is 17.2 Å². The van der Waals surface area contributed by atoms with Crippen LogP contribution in [0.15, 0.2) is 42.5 Å². The highest BCUT2D eigenvalue weighted by molar-refractivity contribution is 5.46. The van der Waals surface area contributed by atoms with Gasteiger partial charge in [-0.15, -0.1) is 0 Å². The van der Waals surface area contributed by atoms with E-state index in [0.29, 0.717) is 32.2 Å². The van der Waals surface area contributed by atoms with Gasteiger partial charge in [-0.1, -0.05) is 18.2 Å². The van der Waals surface area contributed by atoms with E-state index in [9.17, 15) is 0 Å². The molecule has 29 heavy (non-hydrogen) atoms. The Bertz CT molecular complexity index is 830. The molecule has 2 aromatic rings. The maximum absolute atomic E-state index is 6.50. The molecule has 0 N–H and O–H groups in total. The summed E-state index contributed by atoms with van der Waals surface area (Å²) in [4.78, 5) is 2.28. The lowest BCUT2D eigenvalue weighted by molar-refractivity contribution is -0.109. The molecule has 7 heteroatoms. The second kappa shape index (κ2) is 8.20. The van der Waals surface area contributed by atoms with E-state index in [1.807, 2.05) is 42.5 Å². The molecule has 3 aliphatic heterocycles. The third kappa shape index (κ3) is 3.79. The summed E-state index contributed by atoms with van der Waals surface area (Å²) >= 11 is 0. The van der Waals surface area contributed by atoms with Gasteiger partial charge in [0.1, 0.15) is 5.75 Å². The molecule has 154 valence electrons. The predicted octanol–water partition coefficient (Wildman–Crippen LogP) is 2.91. The molecule has 2 fully saturated rings. The van der Waals surface area contributed by atoms with Crippen LogP contribution in [0.25, 0.3) is 0 Å². The molecular formula is C22H25NO6. The first-order valence-electron chi connectivity index (χ1n) is 9.98. The Kier molecular flexibility index (Phi) is 5.28. The van der Waals surface area contributed by atoms with Crippen molar-refractivity contribution in [2.24, 2.45) is 0 Å². The predicted molar refractivity (Wildman–Crippen MR) is 104 cm³/mol. The summed E-state index contributed by atoms with van der Waals surface area (Å²) in [6, 6.07) is 13.8. The minimum absolute atomic E-state index is 0.232. The van der Waals surface area contributed by atoms with Gasteiger partial charge < -0.3 is 28.4 Å². The van der Waals surface area contributed by atoms with Gasteiger partial charge in [-0.05, 0) is 29.8 Å². The molecule has 0 amide bonds. The average molecular weight is 399 g/mol. The van der Waals surface area contributed by atoms with E-state index in [4.69, 9.17) is 28.4 Å². The zero-order chi connectivity index (χ0) is 19.6. The molecular weight excluding hydrogens is 374 g/mol. The molecule has 3 aliphatic rings. The lowest BCUT2D eigenvalue weighted by Crippen LogP contribution is -2.51. The van der Waals surface area contributed by atoms with Crippen LogP contribution in [0.3, 0.4) is 0 Å². The summed E-state index contributed by atoms with van der Waals surface area (Å²) in [5, 5.41) is 0. The molecule has 2 atom stereocenters. The van der Waals surface area contributed by atoms with Crippen LogP contribution in [0.1, 0.15) is 23.5 Å². The van der Waals surface area contributed by atoms with Crippen molar-refractivity contribution in [1.82, 2.24) is 4.90 Å². The Hall–Kier alpha value is -2.32. The lowest BCUT2D eigenvalue weighted by Gasteiger charge is -2.42. The van der Waals surface area contributed by atoms with E-state index in [2.05, 4.69) is 4.90 Å². The van der Waals surface area contributed by atoms with Crippen molar-refractivity contribution in [2.75, 3.05) is 46.6 Å². The maximum atomic E-state index is 6.50. The molecule has 7 nitrogen and oxygen atoms in total. The van der Waals surface area contributed by atoms with Gasteiger partial charge in [-0.3, -0.25) is 4.90 Å². The zero-order valence-electron chi connectivity index (χ0n) is 16.4. The van der Waals surface area contributed by atoms with Crippen LogP contribution in [0.2, 0.25) is 0 Å². The Morgan fingerprint density at radius 1 is 0.828 bits per heavy atom. The highest BCUT2D eigenvalue weighted by Crippen LogP contribution is 2.43. The van der Waals surface area contributed by atoms with Crippen molar-refractivity contribution in [3.05, 3.63) is 53.6 Å². The van der Waals surface area contributed by atoms with Crippen LogP contribution in [-0.2, 0) is 14.2 Å². The third-order valence-electron chi connectivity index (χ3n) is 5.47. The Morgan fingerprint density at radius 3 is 2.28 bits per heavy atom. The van der Waals surface area contributed by atoms with Crippen LogP contribution in [0.4, 0.5) is 0 Å². The van der Waals surface area contributed by atoms with Gasteiger partial charge in [0.2, 0.25) is 0 Å². The summed E-state index contributed by atoms with van der Waals surface area (Å²) < 4.78 is 35.0. The monoisotopic (exact) mass is 399 g/mol. The topological polar surface area (TPSA) is 58.6 Å². The summed E-state index contributed by atoms with van der Waals surface area (Å²) in [6.07, 6.45) is -0.850. The number of rotatable bonds is 4. The maximum Gasteiger partial charge on any atom is 0.194 e. The normalized spacial score (nSPS) is 25.1. The Labute approximate surface area is 170 Å². The molecule has 0 aliphatic carbocycles. The molecule has 2 unspecified atom stereocenters. The molecule has 5 rings (SSSR count). The van der Waals surface area contributed by atoms with E-state index in [0.717, 1.165) is 35.7 Å². The van der Waals surface area contributed by atoms with Crippen LogP contribution in [0, 0.1) is 0 Å². The first-order valence-corrected chi connectivity index (χ1v) is 9.98. The molecule has 0 spiro atoms. The average Bonchev–Trinajstić information content (AvgIpc) is 3.33. The van der Waals surface area contributed by atoms with E-state index in [1.165, 1.54) is 0 Å². The summed E-state index contributed by atoms with van der Waals surface area (Å²) in [5.41, 5.74) is 1.97. The first-order chi connectivity index (χ1) is 14.3. The standard InChI is InChI=1S/C22H25NO6/c1-24-17-5-2-15(3-6-17)20-21(23-8-10-25-11-9-23)29-18-7-4-16(14-19(18)28-20)22-26-12-13-27-22/h2-7,14,20-22H,8-13H2,1H3. The number of benzene rings is 2. The summed E-state index contributed by atoms with van der Waals surface area (Å²) in [6.45, 7) is 4.20. The van der Waals surface area contributed by atoms with Crippen LogP contribution >= 0.6 is 0 Å². The number of fused-ring (bicyclic) bond motifs is 1. The van der Waals surface area contributed by atoms with Crippen LogP contribution in [0.5, 0.6) is 17.2 Å². The first kappa shape index (κ1) is 18.7. The molecule has 2 saturated heterocycles. The number of hydrogen-bond acceptors (Lipinski definition) is 7. The molecule has 0 bridgehead atoms. The number of ether oxygens (including phenoxy) is 6. The van der Waals surface area contributed by atoms with E-state index in [-0.39, 0.29) is 18.6 Å². The van der Waals surface area contributed by atoms with Crippen molar-refractivity contribution < 1.29 is 28.4 Å². The number of methoxy groups -OCH3 is 1. The number of hydrogen-bond donors (Lipinski definition) is 0. The Balaban J connectivity index is 1.47. The van der Waals surface area contributed by atoms with Gasteiger partial charge in [0, 0.05) is 18.7 Å². The third-order valence-corrected chi connectivity index (χ3v) is 5.47. The fraction of sp³-hybridized carbons (Fsp3) is 0.455. The highest BCUT2D eigenvalue weighted by Gasteiger charge is 2.38. The van der Waals surface area contributed by atoms with Gasteiger partial charge in [-0.2, -0.15) is 0 Å². The second-order valence-corrected chi connectivity index (χ2v) is 7.25. The number of morpholine rings is 1. The Morgan fingerprint density at radius 2 is 1.55 bits per heavy atom. The minimum atomic E-state index is -0.347. The van der Waals surface area contributed by atoms with Crippen molar-refractivity contribution >= 4 is 0 Å². The summed E-state index contributed by atoms with van der Waals surface area (Å²) in [5.74, 6) is 2.24. The van der Waals surface area contributed by atoms with Gasteiger partial charge in [0.05, 0.1) is 33.5 Å². The SMILES string of the molecule is COc1ccc(C2Oc3cc(C4OCCO4)ccc3OC2N2CCOCC2)cc1. The van der Waals surface area contributed by atoms with E-state index in [1.54, 1.807) is 7.11 Å². The van der Waals surface area contributed by atoms with Crippen molar-refractivity contribution in [1.29, 1.82) is 0 Å². The fourth-order valence-corrected chi connectivity index (χ4v) is 3.92. The minimum Gasteiger partial charge on any atom is -0.497 e. The molecule has 3 heterocycles. The van der Waals surface area contributed by atoms with Crippen LogP contribution < -0.4 is 14.2 Å². The largest absolute Gasteiger partial charge is 0.497 e. The van der Waals surface area contributed by atoms with E-state index < -0.39 is 0 Å². The highest BCUT2D eigenvalue weighted by atomic mass is 16.7. The summed E-state index contributed by atoms with van der Waals surface area (Å²) in [7, 11) is 1.66. The smallest absolute Gasteiger partial charge is 0.194 e. The second-order valence-electron chi connectivity index (χ2n) is 7.25. The van der Waals surface area contributed by atoms with Gasteiger partial charge in [-0.25, -0.2) is 0 Å². The van der Waals surface area contributed by atoms with Gasteiger partial charge >= 0.3 is 0 Å². The lowest BCUT2D eigenvalue weighted by atomic mass is 10.0. The van der Waals surface area contributed by atoms with Crippen molar-refractivity contribution in [3.63, 3.8) is 0 Å². The van der Waals surface area contributed by atoms with Crippen LogP contribution in [-0.4, -0.2) is 57.8 Å². The van der Waals surface area contributed by atoms with Crippen molar-refractivity contribution in [2.45, 2.75) is 18.6 Å². The molecule has 0 saturated carbocycles. The fourth-order valence-electron chi connectivity index (χ4n) is 3.92. The zero-order valence-corrected chi connectivity index (χ0v) is 16.4. The number of nitrogens with zero attached hydrogens (tertiary/aromatic N) is 1. The molecule has 2 aromatic carbocycles.